The monoisotopic (exact) mass is 246 g/mol. The van der Waals surface area contributed by atoms with Gasteiger partial charge in [-0.05, 0) is 44.9 Å². The van der Waals surface area contributed by atoms with Gasteiger partial charge in [0.25, 0.3) is 0 Å². The van der Waals surface area contributed by atoms with Gasteiger partial charge in [0.2, 0.25) is 5.91 Å². The third-order valence-corrected chi connectivity index (χ3v) is 3.50. The average Bonchev–Trinajstić information content (AvgIpc) is 2.34. The molecule has 0 radical (unpaired) electrons. The molecule has 1 aromatic carbocycles. The summed E-state index contributed by atoms with van der Waals surface area (Å²) in [5.41, 5.74) is 3.28. The first kappa shape index (κ1) is 13.1. The van der Waals surface area contributed by atoms with Crippen molar-refractivity contribution in [2.75, 3.05) is 11.9 Å². The molecule has 1 amide bonds. The molecule has 0 aromatic heterocycles. The lowest BCUT2D eigenvalue weighted by Gasteiger charge is -2.23. The van der Waals surface area contributed by atoms with E-state index in [1.807, 2.05) is 19.1 Å². The van der Waals surface area contributed by atoms with Crippen LogP contribution in [0.3, 0.4) is 0 Å². The minimum Gasteiger partial charge on any atom is -0.326 e. The number of piperidine rings is 1. The molecule has 0 bridgehead atoms. The van der Waals surface area contributed by atoms with Gasteiger partial charge in [0, 0.05) is 18.2 Å². The average molecular weight is 246 g/mol. The summed E-state index contributed by atoms with van der Waals surface area (Å²) < 4.78 is 0. The van der Waals surface area contributed by atoms with E-state index in [0.717, 1.165) is 24.2 Å². The quantitative estimate of drug-likeness (QED) is 0.861. The molecule has 18 heavy (non-hydrogen) atoms. The van der Waals surface area contributed by atoms with E-state index in [-0.39, 0.29) is 5.91 Å². The summed E-state index contributed by atoms with van der Waals surface area (Å²) in [4.78, 5) is 12.0. The van der Waals surface area contributed by atoms with Gasteiger partial charge in [0.1, 0.15) is 0 Å². The first-order chi connectivity index (χ1) is 8.65. The van der Waals surface area contributed by atoms with Crippen LogP contribution in [-0.4, -0.2) is 18.5 Å². The van der Waals surface area contributed by atoms with Crippen LogP contribution in [-0.2, 0) is 4.79 Å². The van der Waals surface area contributed by atoms with Crippen LogP contribution < -0.4 is 10.6 Å². The van der Waals surface area contributed by atoms with Crippen LogP contribution in [0.2, 0.25) is 0 Å². The van der Waals surface area contributed by atoms with Crippen molar-refractivity contribution < 1.29 is 4.79 Å². The Morgan fingerprint density at radius 1 is 1.39 bits per heavy atom. The second-order valence-corrected chi connectivity index (χ2v) is 5.22. The van der Waals surface area contributed by atoms with Crippen LogP contribution in [0.25, 0.3) is 0 Å². The number of nitrogens with one attached hydrogen (secondary N) is 2. The second kappa shape index (κ2) is 6.01. The standard InChI is InChI=1S/C15H22N2O/c1-11-6-7-14(12(2)9-11)17-15(18)10-13-5-3-4-8-16-13/h6-7,9,13,16H,3-5,8,10H2,1-2H3,(H,17,18). The number of rotatable bonds is 3. The summed E-state index contributed by atoms with van der Waals surface area (Å²) in [5.74, 6) is 0.112. The summed E-state index contributed by atoms with van der Waals surface area (Å²) in [6.07, 6.45) is 4.15. The van der Waals surface area contributed by atoms with Crippen molar-refractivity contribution in [2.45, 2.75) is 45.6 Å². The van der Waals surface area contributed by atoms with Gasteiger partial charge >= 0.3 is 0 Å². The second-order valence-electron chi connectivity index (χ2n) is 5.22. The number of amides is 1. The van der Waals surface area contributed by atoms with Gasteiger partial charge in [-0.1, -0.05) is 24.1 Å². The van der Waals surface area contributed by atoms with Crippen LogP contribution in [0.5, 0.6) is 0 Å². The predicted octanol–water partition coefficient (Wildman–Crippen LogP) is 2.77. The SMILES string of the molecule is Cc1ccc(NC(=O)CC2CCCCN2)c(C)c1. The maximum atomic E-state index is 12.0. The molecule has 0 spiro atoms. The zero-order chi connectivity index (χ0) is 13.0. The molecule has 1 atom stereocenters. The molecule has 1 aliphatic heterocycles. The molecular weight excluding hydrogens is 224 g/mol. The van der Waals surface area contributed by atoms with E-state index in [0.29, 0.717) is 12.5 Å². The molecule has 3 heteroatoms. The van der Waals surface area contributed by atoms with Gasteiger partial charge in [-0.3, -0.25) is 4.79 Å². The van der Waals surface area contributed by atoms with Crippen molar-refractivity contribution in [3.8, 4) is 0 Å². The van der Waals surface area contributed by atoms with Crippen molar-refractivity contribution in [3.63, 3.8) is 0 Å². The van der Waals surface area contributed by atoms with Crippen molar-refractivity contribution >= 4 is 11.6 Å². The van der Waals surface area contributed by atoms with E-state index in [4.69, 9.17) is 0 Å². The Kier molecular flexibility index (Phi) is 4.37. The third kappa shape index (κ3) is 3.57. The molecule has 1 fully saturated rings. The molecule has 0 saturated carbocycles. The molecule has 98 valence electrons. The highest BCUT2D eigenvalue weighted by Crippen LogP contribution is 2.17. The third-order valence-electron chi connectivity index (χ3n) is 3.50. The fourth-order valence-corrected chi connectivity index (χ4v) is 2.48. The Morgan fingerprint density at radius 2 is 2.22 bits per heavy atom. The fourth-order valence-electron chi connectivity index (χ4n) is 2.48. The first-order valence-corrected chi connectivity index (χ1v) is 6.75. The van der Waals surface area contributed by atoms with Gasteiger partial charge in [0.05, 0.1) is 0 Å². The molecule has 2 N–H and O–H groups in total. The highest BCUT2D eigenvalue weighted by molar-refractivity contribution is 5.91. The largest absolute Gasteiger partial charge is 0.326 e. The zero-order valence-corrected chi connectivity index (χ0v) is 11.3. The van der Waals surface area contributed by atoms with E-state index >= 15 is 0 Å². The summed E-state index contributed by atoms with van der Waals surface area (Å²) >= 11 is 0. The highest BCUT2D eigenvalue weighted by Gasteiger charge is 2.16. The lowest BCUT2D eigenvalue weighted by molar-refractivity contribution is -0.116. The first-order valence-electron chi connectivity index (χ1n) is 6.75. The van der Waals surface area contributed by atoms with Crippen molar-refractivity contribution in [1.29, 1.82) is 0 Å². The van der Waals surface area contributed by atoms with Crippen molar-refractivity contribution in [1.82, 2.24) is 5.32 Å². The summed E-state index contributed by atoms with van der Waals surface area (Å²) in [7, 11) is 0. The molecule has 1 heterocycles. The maximum absolute atomic E-state index is 12.0. The Hall–Kier alpha value is -1.35. The van der Waals surface area contributed by atoms with Crippen molar-refractivity contribution in [3.05, 3.63) is 29.3 Å². The summed E-state index contributed by atoms with van der Waals surface area (Å²) in [6, 6.07) is 6.46. The van der Waals surface area contributed by atoms with Gasteiger partial charge in [-0.2, -0.15) is 0 Å². The Morgan fingerprint density at radius 3 is 2.89 bits per heavy atom. The number of hydrogen-bond acceptors (Lipinski definition) is 2. The van der Waals surface area contributed by atoms with Crippen LogP contribution in [0, 0.1) is 13.8 Å². The summed E-state index contributed by atoms with van der Waals surface area (Å²) in [6.45, 7) is 5.13. The molecule has 0 aliphatic carbocycles. The van der Waals surface area contributed by atoms with E-state index in [2.05, 4.69) is 23.6 Å². The Labute approximate surface area is 109 Å². The molecule has 2 rings (SSSR count). The molecule has 3 nitrogen and oxygen atoms in total. The lowest BCUT2D eigenvalue weighted by Crippen LogP contribution is -2.37. The molecule has 1 saturated heterocycles. The maximum Gasteiger partial charge on any atom is 0.225 e. The molecule has 1 aromatic rings. The van der Waals surface area contributed by atoms with Crippen LogP contribution in [0.4, 0.5) is 5.69 Å². The topological polar surface area (TPSA) is 41.1 Å². The number of anilines is 1. The van der Waals surface area contributed by atoms with Gasteiger partial charge in [0.15, 0.2) is 0 Å². The smallest absolute Gasteiger partial charge is 0.225 e. The van der Waals surface area contributed by atoms with E-state index in [1.165, 1.54) is 18.4 Å². The minimum absolute atomic E-state index is 0.112. The highest BCUT2D eigenvalue weighted by atomic mass is 16.1. The Bertz CT molecular complexity index is 423. The van der Waals surface area contributed by atoms with E-state index in [9.17, 15) is 4.79 Å². The lowest BCUT2D eigenvalue weighted by atomic mass is 10.0. The van der Waals surface area contributed by atoms with Gasteiger partial charge in [-0.15, -0.1) is 0 Å². The number of carbonyl (C=O) groups excluding carboxylic acids is 1. The summed E-state index contributed by atoms with van der Waals surface area (Å²) in [5, 5.41) is 6.40. The van der Waals surface area contributed by atoms with E-state index in [1.54, 1.807) is 0 Å². The molecule has 1 aliphatic rings. The van der Waals surface area contributed by atoms with Gasteiger partial charge < -0.3 is 10.6 Å². The molecular formula is C15H22N2O. The Balaban J connectivity index is 1.90. The predicted molar refractivity (Wildman–Crippen MR) is 74.8 cm³/mol. The van der Waals surface area contributed by atoms with Gasteiger partial charge in [-0.25, -0.2) is 0 Å². The van der Waals surface area contributed by atoms with E-state index < -0.39 is 0 Å². The minimum atomic E-state index is 0.112. The molecule has 1 unspecified atom stereocenters. The van der Waals surface area contributed by atoms with Crippen LogP contribution in [0.1, 0.15) is 36.8 Å². The van der Waals surface area contributed by atoms with Crippen molar-refractivity contribution in [2.24, 2.45) is 0 Å². The number of hydrogen-bond donors (Lipinski definition) is 2. The normalized spacial score (nSPS) is 19.6. The zero-order valence-electron chi connectivity index (χ0n) is 11.3. The van der Waals surface area contributed by atoms with Crippen LogP contribution >= 0.6 is 0 Å². The van der Waals surface area contributed by atoms with Crippen LogP contribution in [0.15, 0.2) is 18.2 Å². The number of aryl methyl sites for hydroxylation is 2. The number of benzene rings is 1. The fraction of sp³-hybridized carbons (Fsp3) is 0.533. The number of carbonyl (C=O) groups is 1.